The normalized spacial score (nSPS) is 10.1. The van der Waals surface area contributed by atoms with Gasteiger partial charge in [0, 0.05) is 12.1 Å². The Hall–Kier alpha value is -1.75. The smallest absolute Gasteiger partial charge is 0.263 e. The summed E-state index contributed by atoms with van der Waals surface area (Å²) in [5, 5.41) is 4.55. The second kappa shape index (κ2) is 4.18. The van der Waals surface area contributed by atoms with Gasteiger partial charge in [0.15, 0.2) is 0 Å². The lowest BCUT2D eigenvalue weighted by Gasteiger charge is -2.01. The maximum Gasteiger partial charge on any atom is 0.263 e. The first kappa shape index (κ1) is 9.79. The highest BCUT2D eigenvalue weighted by atomic mass is 32.1. The zero-order chi connectivity index (χ0) is 10.7. The van der Waals surface area contributed by atoms with E-state index in [0.29, 0.717) is 17.1 Å². The van der Waals surface area contributed by atoms with Crippen LogP contribution in [0.5, 0.6) is 0 Å². The maximum absolute atomic E-state index is 11.6. The number of amides is 1. The van der Waals surface area contributed by atoms with Gasteiger partial charge in [0.2, 0.25) is 0 Å². The molecule has 4 nitrogen and oxygen atoms in total. The monoisotopic (exact) mass is 222 g/mol. The molecule has 15 heavy (non-hydrogen) atoms. The summed E-state index contributed by atoms with van der Waals surface area (Å²) in [6.07, 6.45) is 3.17. The van der Waals surface area contributed by atoms with Gasteiger partial charge in [-0.15, -0.1) is 11.3 Å². The van der Waals surface area contributed by atoms with Gasteiger partial charge >= 0.3 is 0 Å². The Morgan fingerprint density at radius 1 is 1.53 bits per heavy atom. The number of carbonyl (C=O) groups excluding carboxylic acids is 1. The van der Waals surface area contributed by atoms with Crippen LogP contribution in [0.2, 0.25) is 0 Å². The number of carbonyl (C=O) groups is 1. The van der Waals surface area contributed by atoms with Crippen LogP contribution in [0.15, 0.2) is 34.5 Å². The van der Waals surface area contributed by atoms with Crippen LogP contribution in [0.4, 0.5) is 5.69 Å². The largest absolute Gasteiger partial charge is 0.472 e. The molecule has 0 radical (unpaired) electrons. The number of thiophene rings is 1. The molecule has 0 unspecified atom stereocenters. The minimum atomic E-state index is -0.149. The van der Waals surface area contributed by atoms with E-state index in [9.17, 15) is 4.79 Å². The fourth-order valence-corrected chi connectivity index (χ4v) is 1.89. The molecule has 0 spiro atoms. The minimum Gasteiger partial charge on any atom is -0.472 e. The van der Waals surface area contributed by atoms with Crippen LogP contribution >= 0.6 is 11.3 Å². The van der Waals surface area contributed by atoms with Gasteiger partial charge in [0.25, 0.3) is 5.91 Å². The van der Waals surface area contributed by atoms with Crippen molar-refractivity contribution >= 4 is 22.9 Å². The van der Waals surface area contributed by atoms with Gasteiger partial charge in [0.05, 0.1) is 18.2 Å². The number of nitrogens with one attached hydrogen (secondary N) is 1. The molecule has 0 aliphatic rings. The van der Waals surface area contributed by atoms with Crippen LogP contribution in [0, 0.1) is 0 Å². The number of nitrogens with two attached hydrogens (primary N) is 1. The number of nitrogen functional groups attached to an aromatic ring is 1. The molecule has 0 atom stereocenters. The molecule has 2 rings (SSSR count). The van der Waals surface area contributed by atoms with E-state index in [0.717, 1.165) is 5.56 Å². The first-order valence-electron chi connectivity index (χ1n) is 4.39. The molecule has 2 aromatic heterocycles. The highest BCUT2D eigenvalue weighted by molar-refractivity contribution is 7.12. The Bertz CT molecular complexity index is 448. The van der Waals surface area contributed by atoms with Crippen molar-refractivity contribution in [3.05, 3.63) is 40.5 Å². The summed E-state index contributed by atoms with van der Waals surface area (Å²) in [4.78, 5) is 12.2. The zero-order valence-electron chi connectivity index (χ0n) is 7.90. The van der Waals surface area contributed by atoms with Gasteiger partial charge in [-0.3, -0.25) is 4.79 Å². The highest BCUT2D eigenvalue weighted by Gasteiger charge is 2.10. The minimum absolute atomic E-state index is 0.149. The van der Waals surface area contributed by atoms with Crippen molar-refractivity contribution in [1.29, 1.82) is 0 Å². The molecule has 2 aromatic rings. The Morgan fingerprint density at radius 2 is 2.40 bits per heavy atom. The Balaban J connectivity index is 1.96. The van der Waals surface area contributed by atoms with Crippen molar-refractivity contribution in [3.8, 4) is 0 Å². The predicted molar refractivity (Wildman–Crippen MR) is 58.6 cm³/mol. The van der Waals surface area contributed by atoms with Crippen molar-refractivity contribution in [3.63, 3.8) is 0 Å². The molecule has 3 N–H and O–H groups in total. The van der Waals surface area contributed by atoms with Crippen LogP contribution < -0.4 is 11.1 Å². The van der Waals surface area contributed by atoms with Crippen LogP contribution in [-0.4, -0.2) is 5.91 Å². The van der Waals surface area contributed by atoms with Crippen molar-refractivity contribution in [2.75, 3.05) is 5.73 Å². The van der Waals surface area contributed by atoms with Gasteiger partial charge in [-0.25, -0.2) is 0 Å². The average Bonchev–Trinajstić information content (AvgIpc) is 2.84. The third-order valence-corrected chi connectivity index (χ3v) is 2.86. The fourth-order valence-electron chi connectivity index (χ4n) is 1.16. The van der Waals surface area contributed by atoms with Gasteiger partial charge < -0.3 is 15.5 Å². The van der Waals surface area contributed by atoms with Gasteiger partial charge in [-0.1, -0.05) is 0 Å². The summed E-state index contributed by atoms with van der Waals surface area (Å²) < 4.78 is 4.89. The molecule has 5 heteroatoms. The lowest BCUT2D eigenvalue weighted by atomic mass is 10.3. The van der Waals surface area contributed by atoms with Crippen molar-refractivity contribution in [2.45, 2.75) is 6.54 Å². The van der Waals surface area contributed by atoms with Gasteiger partial charge in [-0.2, -0.15) is 0 Å². The molecule has 1 amide bonds. The van der Waals surface area contributed by atoms with E-state index in [1.807, 2.05) is 0 Å². The molecule has 0 saturated carbocycles. The Kier molecular flexibility index (Phi) is 2.73. The summed E-state index contributed by atoms with van der Waals surface area (Å²) >= 11 is 1.33. The maximum atomic E-state index is 11.6. The second-order valence-corrected chi connectivity index (χ2v) is 3.94. The van der Waals surface area contributed by atoms with E-state index >= 15 is 0 Å². The van der Waals surface area contributed by atoms with E-state index in [-0.39, 0.29) is 5.91 Å². The van der Waals surface area contributed by atoms with Crippen LogP contribution in [0.25, 0.3) is 0 Å². The topological polar surface area (TPSA) is 68.3 Å². The van der Waals surface area contributed by atoms with E-state index in [2.05, 4.69) is 5.32 Å². The first-order valence-corrected chi connectivity index (χ1v) is 5.27. The molecule has 0 aromatic carbocycles. The third-order valence-electron chi connectivity index (χ3n) is 1.94. The summed E-state index contributed by atoms with van der Waals surface area (Å²) in [7, 11) is 0. The molecule has 0 aliphatic heterocycles. The first-order chi connectivity index (χ1) is 7.27. The third kappa shape index (κ3) is 2.19. The lowest BCUT2D eigenvalue weighted by molar-refractivity contribution is 0.0956. The van der Waals surface area contributed by atoms with Crippen molar-refractivity contribution < 1.29 is 9.21 Å². The summed E-state index contributed by atoms with van der Waals surface area (Å²) in [5.74, 6) is -0.149. The molecule has 2 heterocycles. The fraction of sp³-hybridized carbons (Fsp3) is 0.100. The lowest BCUT2D eigenvalue weighted by Crippen LogP contribution is -2.22. The van der Waals surface area contributed by atoms with Crippen molar-refractivity contribution in [1.82, 2.24) is 5.32 Å². The zero-order valence-corrected chi connectivity index (χ0v) is 8.71. The summed E-state index contributed by atoms with van der Waals surface area (Å²) in [6, 6.07) is 3.52. The number of anilines is 1. The molecular formula is C10H10N2O2S. The van der Waals surface area contributed by atoms with Gasteiger partial charge in [0.1, 0.15) is 4.88 Å². The SMILES string of the molecule is Nc1ccsc1C(=O)NCc1ccoc1. The number of rotatable bonds is 3. The summed E-state index contributed by atoms with van der Waals surface area (Å²) in [5.41, 5.74) is 7.07. The van der Waals surface area contributed by atoms with E-state index in [1.54, 1.807) is 30.0 Å². The molecule has 0 bridgehead atoms. The average molecular weight is 222 g/mol. The molecule has 0 fully saturated rings. The molecule has 0 saturated heterocycles. The number of hydrogen-bond donors (Lipinski definition) is 2. The predicted octanol–water partition coefficient (Wildman–Crippen LogP) is 1.85. The molecular weight excluding hydrogens is 212 g/mol. The van der Waals surface area contributed by atoms with Gasteiger partial charge in [-0.05, 0) is 17.5 Å². The summed E-state index contributed by atoms with van der Waals surface area (Å²) in [6.45, 7) is 0.451. The van der Waals surface area contributed by atoms with Crippen molar-refractivity contribution in [2.24, 2.45) is 0 Å². The quantitative estimate of drug-likeness (QED) is 0.832. The van der Waals surface area contributed by atoms with E-state index in [1.165, 1.54) is 11.3 Å². The van der Waals surface area contributed by atoms with E-state index < -0.39 is 0 Å². The van der Waals surface area contributed by atoms with Crippen LogP contribution in [-0.2, 0) is 6.54 Å². The number of hydrogen-bond acceptors (Lipinski definition) is 4. The standard InChI is InChI=1S/C10H10N2O2S/c11-8-2-4-15-9(8)10(13)12-5-7-1-3-14-6-7/h1-4,6H,5,11H2,(H,12,13). The highest BCUT2D eigenvalue weighted by Crippen LogP contribution is 2.18. The number of furan rings is 1. The second-order valence-electron chi connectivity index (χ2n) is 3.02. The van der Waals surface area contributed by atoms with Crippen LogP contribution in [0.1, 0.15) is 15.2 Å². The van der Waals surface area contributed by atoms with E-state index in [4.69, 9.17) is 10.2 Å². The Morgan fingerprint density at radius 3 is 3.00 bits per heavy atom. The Labute approximate surface area is 90.7 Å². The van der Waals surface area contributed by atoms with Crippen LogP contribution in [0.3, 0.4) is 0 Å². The molecule has 0 aliphatic carbocycles. The molecule has 78 valence electrons.